The monoisotopic (exact) mass is 309 g/mol. The number of rotatable bonds is 6. The SMILES string of the molecule is CC(C)CCC(C)NS(=O)(=O)c1cccc(C#CCO)c1. The average molecular weight is 309 g/mol. The highest BCUT2D eigenvalue weighted by molar-refractivity contribution is 7.89. The second kappa shape index (κ2) is 8.18. The molecule has 116 valence electrons. The first kappa shape index (κ1) is 17.7. The molecule has 0 aliphatic carbocycles. The molecule has 0 aromatic heterocycles. The number of benzene rings is 1. The fourth-order valence-corrected chi connectivity index (χ4v) is 3.18. The second-order valence-electron chi connectivity index (χ2n) is 5.48. The van der Waals surface area contributed by atoms with Crippen molar-refractivity contribution in [3.8, 4) is 11.8 Å². The van der Waals surface area contributed by atoms with Gasteiger partial charge in [0, 0.05) is 11.6 Å². The van der Waals surface area contributed by atoms with Gasteiger partial charge in [0.05, 0.1) is 4.90 Å². The zero-order valence-electron chi connectivity index (χ0n) is 12.8. The molecule has 0 bridgehead atoms. The zero-order chi connectivity index (χ0) is 15.9. The minimum absolute atomic E-state index is 0.107. The van der Waals surface area contributed by atoms with E-state index in [9.17, 15) is 8.42 Å². The van der Waals surface area contributed by atoms with Crippen LogP contribution in [0.1, 0.15) is 39.2 Å². The Kier molecular flexibility index (Phi) is 6.90. The van der Waals surface area contributed by atoms with Crippen molar-refractivity contribution < 1.29 is 13.5 Å². The standard InChI is InChI=1S/C16H23NO3S/c1-13(2)9-10-14(3)17-21(19,20)16-8-4-6-15(12-16)7-5-11-18/h4,6,8,12-14,17-18H,9-11H2,1-3H3. The lowest BCUT2D eigenvalue weighted by Gasteiger charge is -2.15. The van der Waals surface area contributed by atoms with Crippen LogP contribution < -0.4 is 4.72 Å². The van der Waals surface area contributed by atoms with E-state index < -0.39 is 10.0 Å². The van der Waals surface area contributed by atoms with Gasteiger partial charge in [-0.05, 0) is 43.9 Å². The molecule has 5 heteroatoms. The molecule has 2 N–H and O–H groups in total. The van der Waals surface area contributed by atoms with Crippen molar-refractivity contribution in [3.05, 3.63) is 29.8 Å². The number of aliphatic hydroxyl groups excluding tert-OH is 1. The number of nitrogens with one attached hydrogen (secondary N) is 1. The van der Waals surface area contributed by atoms with Crippen LogP contribution in [-0.2, 0) is 10.0 Å². The topological polar surface area (TPSA) is 66.4 Å². The molecule has 0 saturated heterocycles. The fourth-order valence-electron chi connectivity index (χ4n) is 1.86. The number of hydrogen-bond donors (Lipinski definition) is 2. The van der Waals surface area contributed by atoms with Crippen LogP contribution in [0.4, 0.5) is 0 Å². The predicted molar refractivity (Wildman–Crippen MR) is 84.3 cm³/mol. The van der Waals surface area contributed by atoms with Gasteiger partial charge in [-0.15, -0.1) is 0 Å². The lowest BCUT2D eigenvalue weighted by Crippen LogP contribution is -2.32. The van der Waals surface area contributed by atoms with Crippen LogP contribution in [0.2, 0.25) is 0 Å². The third-order valence-corrected chi connectivity index (χ3v) is 4.58. The Balaban J connectivity index is 2.83. The smallest absolute Gasteiger partial charge is 0.240 e. The summed E-state index contributed by atoms with van der Waals surface area (Å²) in [7, 11) is -3.54. The van der Waals surface area contributed by atoms with Gasteiger partial charge in [-0.1, -0.05) is 31.8 Å². The van der Waals surface area contributed by atoms with Gasteiger partial charge in [-0.25, -0.2) is 13.1 Å². The minimum atomic E-state index is -3.54. The van der Waals surface area contributed by atoms with Crippen LogP contribution in [0.5, 0.6) is 0 Å². The Hall–Kier alpha value is -1.35. The lowest BCUT2D eigenvalue weighted by atomic mass is 10.1. The van der Waals surface area contributed by atoms with E-state index in [4.69, 9.17) is 5.11 Å². The summed E-state index contributed by atoms with van der Waals surface area (Å²) in [4.78, 5) is 0.198. The molecule has 0 radical (unpaired) electrons. The van der Waals surface area contributed by atoms with E-state index in [1.165, 1.54) is 6.07 Å². The lowest BCUT2D eigenvalue weighted by molar-refractivity contribution is 0.350. The van der Waals surface area contributed by atoms with Crippen LogP contribution in [0, 0.1) is 17.8 Å². The van der Waals surface area contributed by atoms with Gasteiger partial charge in [0.15, 0.2) is 0 Å². The molecule has 0 aliphatic rings. The van der Waals surface area contributed by atoms with Crippen molar-refractivity contribution in [1.29, 1.82) is 0 Å². The van der Waals surface area contributed by atoms with Gasteiger partial charge >= 0.3 is 0 Å². The van der Waals surface area contributed by atoms with E-state index >= 15 is 0 Å². The largest absolute Gasteiger partial charge is 0.384 e. The molecule has 0 spiro atoms. The van der Waals surface area contributed by atoms with Crippen LogP contribution >= 0.6 is 0 Å². The highest BCUT2D eigenvalue weighted by Gasteiger charge is 2.17. The fraction of sp³-hybridized carbons (Fsp3) is 0.500. The highest BCUT2D eigenvalue weighted by atomic mass is 32.2. The van der Waals surface area contributed by atoms with Gasteiger partial charge in [0.1, 0.15) is 6.61 Å². The number of hydrogen-bond acceptors (Lipinski definition) is 3. The Labute approximate surface area is 127 Å². The van der Waals surface area contributed by atoms with Crippen LogP contribution in [0.25, 0.3) is 0 Å². The molecule has 21 heavy (non-hydrogen) atoms. The quantitative estimate of drug-likeness (QED) is 0.791. The van der Waals surface area contributed by atoms with E-state index in [0.29, 0.717) is 11.5 Å². The van der Waals surface area contributed by atoms with Crippen molar-refractivity contribution in [2.75, 3.05) is 6.61 Å². The van der Waals surface area contributed by atoms with E-state index in [0.717, 1.165) is 12.8 Å². The van der Waals surface area contributed by atoms with Crippen molar-refractivity contribution in [1.82, 2.24) is 4.72 Å². The summed E-state index contributed by atoms with van der Waals surface area (Å²) in [6.07, 6.45) is 1.78. The molecular formula is C16H23NO3S. The first-order chi connectivity index (χ1) is 9.85. The van der Waals surface area contributed by atoms with Crippen molar-refractivity contribution in [3.63, 3.8) is 0 Å². The molecule has 0 saturated carbocycles. The molecule has 0 fully saturated rings. The van der Waals surface area contributed by atoms with Gasteiger partial charge in [-0.2, -0.15) is 0 Å². The Morgan fingerprint density at radius 2 is 1.95 bits per heavy atom. The molecule has 1 rings (SSSR count). The van der Waals surface area contributed by atoms with Crippen molar-refractivity contribution in [2.24, 2.45) is 5.92 Å². The summed E-state index contributed by atoms with van der Waals surface area (Å²) < 4.78 is 27.3. The second-order valence-corrected chi connectivity index (χ2v) is 7.20. The molecule has 0 heterocycles. The van der Waals surface area contributed by atoms with Gasteiger partial charge in [0.25, 0.3) is 0 Å². The molecule has 0 amide bonds. The van der Waals surface area contributed by atoms with Gasteiger partial charge < -0.3 is 5.11 Å². The van der Waals surface area contributed by atoms with Crippen LogP contribution in [0.15, 0.2) is 29.2 Å². The zero-order valence-corrected chi connectivity index (χ0v) is 13.6. The maximum atomic E-state index is 12.3. The summed E-state index contributed by atoms with van der Waals surface area (Å²) in [5, 5.41) is 8.68. The third-order valence-electron chi connectivity index (χ3n) is 2.99. The maximum absolute atomic E-state index is 12.3. The summed E-state index contributed by atoms with van der Waals surface area (Å²) in [6.45, 7) is 5.85. The summed E-state index contributed by atoms with van der Waals surface area (Å²) in [6, 6.07) is 6.31. The molecule has 1 aromatic rings. The van der Waals surface area contributed by atoms with Crippen LogP contribution in [0.3, 0.4) is 0 Å². The molecule has 0 aliphatic heterocycles. The van der Waals surface area contributed by atoms with Crippen LogP contribution in [-0.4, -0.2) is 26.2 Å². The maximum Gasteiger partial charge on any atom is 0.240 e. The molecule has 1 unspecified atom stereocenters. The minimum Gasteiger partial charge on any atom is -0.384 e. The van der Waals surface area contributed by atoms with E-state index in [-0.39, 0.29) is 17.5 Å². The molecule has 1 aromatic carbocycles. The Morgan fingerprint density at radius 1 is 1.24 bits per heavy atom. The summed E-state index contributed by atoms with van der Waals surface area (Å²) >= 11 is 0. The first-order valence-corrected chi connectivity index (χ1v) is 8.55. The summed E-state index contributed by atoms with van der Waals surface area (Å²) in [5.74, 6) is 5.77. The van der Waals surface area contributed by atoms with Crippen molar-refractivity contribution >= 4 is 10.0 Å². The predicted octanol–water partition coefficient (Wildman–Crippen LogP) is 2.13. The molecule has 4 nitrogen and oxygen atoms in total. The normalized spacial score (nSPS) is 12.8. The van der Waals surface area contributed by atoms with Gasteiger partial charge in [-0.3, -0.25) is 0 Å². The first-order valence-electron chi connectivity index (χ1n) is 7.07. The van der Waals surface area contributed by atoms with E-state index in [1.807, 2.05) is 6.92 Å². The van der Waals surface area contributed by atoms with Gasteiger partial charge in [0.2, 0.25) is 10.0 Å². The number of sulfonamides is 1. The summed E-state index contributed by atoms with van der Waals surface area (Å²) in [5.41, 5.74) is 0.571. The Morgan fingerprint density at radius 3 is 2.57 bits per heavy atom. The van der Waals surface area contributed by atoms with E-state index in [2.05, 4.69) is 30.4 Å². The van der Waals surface area contributed by atoms with Crippen molar-refractivity contribution in [2.45, 2.75) is 44.6 Å². The highest BCUT2D eigenvalue weighted by Crippen LogP contribution is 2.13. The number of aliphatic hydroxyl groups is 1. The third kappa shape index (κ3) is 6.30. The molecule has 1 atom stereocenters. The average Bonchev–Trinajstić information content (AvgIpc) is 2.43. The van der Waals surface area contributed by atoms with E-state index in [1.54, 1.807) is 18.2 Å². The molecular weight excluding hydrogens is 286 g/mol. The Bertz CT molecular complexity index is 612.